The van der Waals surface area contributed by atoms with Crippen LogP contribution in [0.1, 0.15) is 29.7 Å². The van der Waals surface area contributed by atoms with Crippen LogP contribution in [-0.4, -0.2) is 26.3 Å². The summed E-state index contributed by atoms with van der Waals surface area (Å²) in [5, 5.41) is 7.43. The third-order valence-electron chi connectivity index (χ3n) is 3.12. The molecule has 0 saturated heterocycles. The summed E-state index contributed by atoms with van der Waals surface area (Å²) in [5.74, 6) is 0. The maximum atomic E-state index is 11.7. The fourth-order valence-corrected chi connectivity index (χ4v) is 3.07. The first-order valence-corrected chi connectivity index (χ1v) is 7.11. The maximum absolute atomic E-state index is 11.7. The lowest BCUT2D eigenvalue weighted by Crippen LogP contribution is -2.17. The molecular weight excluding hydrogens is 262 g/mol. The predicted octanol–water partition coefficient (Wildman–Crippen LogP) is 1.09. The highest BCUT2D eigenvalue weighted by atomic mass is 32.2. The summed E-state index contributed by atoms with van der Waals surface area (Å²) in [6.45, 7) is 0.487. The van der Waals surface area contributed by atoms with Gasteiger partial charge in [0.1, 0.15) is 0 Å². The second kappa shape index (κ2) is 5.18. The number of hydrogen-bond acceptors (Lipinski definition) is 5. The first kappa shape index (κ1) is 12.4. The summed E-state index contributed by atoms with van der Waals surface area (Å²) in [7, 11) is 0. The van der Waals surface area contributed by atoms with Crippen LogP contribution < -0.4 is 11.4 Å². The molecule has 2 aromatic rings. The molecule has 3 rings (SSSR count). The van der Waals surface area contributed by atoms with Crippen LogP contribution in [0.5, 0.6) is 0 Å². The zero-order valence-electron chi connectivity index (χ0n) is 10.3. The summed E-state index contributed by atoms with van der Waals surface area (Å²) in [6, 6.07) is 4.19. The predicted molar refractivity (Wildman–Crippen MR) is 73.0 cm³/mol. The number of aromatic nitrogens is 4. The van der Waals surface area contributed by atoms with Gasteiger partial charge in [0.25, 0.3) is 0 Å². The van der Waals surface area contributed by atoms with E-state index in [2.05, 4.69) is 15.2 Å². The topological polar surface area (TPSA) is 89.6 Å². The van der Waals surface area contributed by atoms with Crippen LogP contribution in [0.3, 0.4) is 0 Å². The van der Waals surface area contributed by atoms with Gasteiger partial charge >= 0.3 is 5.69 Å². The van der Waals surface area contributed by atoms with Crippen molar-refractivity contribution in [2.24, 2.45) is 5.73 Å². The summed E-state index contributed by atoms with van der Waals surface area (Å²) >= 11 is 1.53. The molecule has 1 saturated carbocycles. The van der Waals surface area contributed by atoms with Crippen molar-refractivity contribution in [3.05, 3.63) is 40.6 Å². The minimum Gasteiger partial charge on any atom is -0.329 e. The highest BCUT2D eigenvalue weighted by molar-refractivity contribution is 7.99. The summed E-state index contributed by atoms with van der Waals surface area (Å²) in [5.41, 5.74) is 6.80. The van der Waals surface area contributed by atoms with Gasteiger partial charge in [-0.05, 0) is 30.5 Å². The molecule has 1 aliphatic rings. The van der Waals surface area contributed by atoms with E-state index in [-0.39, 0.29) is 10.9 Å². The molecule has 3 N–H and O–H groups in total. The van der Waals surface area contributed by atoms with E-state index in [0.717, 1.165) is 23.6 Å². The molecule has 6 nitrogen and oxygen atoms in total. The first-order chi connectivity index (χ1) is 9.29. The molecule has 1 aliphatic carbocycles. The van der Waals surface area contributed by atoms with Gasteiger partial charge in [-0.25, -0.2) is 9.89 Å². The second-order valence-corrected chi connectivity index (χ2v) is 5.71. The highest BCUT2D eigenvalue weighted by Crippen LogP contribution is 2.39. The van der Waals surface area contributed by atoms with Gasteiger partial charge in [-0.2, -0.15) is 0 Å². The number of aromatic amines is 1. The summed E-state index contributed by atoms with van der Waals surface area (Å²) in [6.07, 6.45) is 5.60. The number of nitrogens with zero attached hydrogens (tertiary/aromatic N) is 3. The van der Waals surface area contributed by atoms with Crippen LogP contribution in [0, 0.1) is 0 Å². The lowest BCUT2D eigenvalue weighted by Gasteiger charge is -2.14. The molecule has 0 spiro atoms. The monoisotopic (exact) mass is 277 g/mol. The van der Waals surface area contributed by atoms with Crippen molar-refractivity contribution in [2.45, 2.75) is 29.3 Å². The van der Waals surface area contributed by atoms with Crippen LogP contribution in [0.2, 0.25) is 0 Å². The van der Waals surface area contributed by atoms with Gasteiger partial charge in [0.05, 0.1) is 0 Å². The van der Waals surface area contributed by atoms with E-state index in [1.807, 2.05) is 12.1 Å². The SMILES string of the molecule is NCC(Sc1n[nH]c(=O)n1C1CC1)c1ccncc1. The van der Waals surface area contributed by atoms with Crippen LogP contribution in [0.15, 0.2) is 34.5 Å². The molecule has 19 heavy (non-hydrogen) atoms. The molecule has 1 unspecified atom stereocenters. The van der Waals surface area contributed by atoms with E-state index >= 15 is 0 Å². The summed E-state index contributed by atoms with van der Waals surface area (Å²) < 4.78 is 1.74. The normalized spacial score (nSPS) is 16.5. The number of rotatable bonds is 5. The Morgan fingerprint density at radius 1 is 1.47 bits per heavy atom. The van der Waals surface area contributed by atoms with E-state index in [1.165, 1.54) is 11.8 Å². The van der Waals surface area contributed by atoms with E-state index < -0.39 is 0 Å². The van der Waals surface area contributed by atoms with Crippen molar-refractivity contribution in [1.82, 2.24) is 19.7 Å². The smallest absolute Gasteiger partial charge is 0.329 e. The van der Waals surface area contributed by atoms with Crippen molar-refractivity contribution >= 4 is 11.8 Å². The molecule has 0 radical (unpaired) electrons. The molecule has 0 amide bonds. The third kappa shape index (κ3) is 2.57. The number of hydrogen-bond donors (Lipinski definition) is 2. The van der Waals surface area contributed by atoms with Crippen LogP contribution >= 0.6 is 11.8 Å². The molecular formula is C12H15N5OS. The quantitative estimate of drug-likeness (QED) is 0.799. The Labute approximate surface area is 114 Å². The molecule has 100 valence electrons. The van der Waals surface area contributed by atoms with Gasteiger partial charge in [-0.1, -0.05) is 11.8 Å². The molecule has 1 atom stereocenters. The van der Waals surface area contributed by atoms with Crippen LogP contribution in [0.4, 0.5) is 0 Å². The molecule has 7 heteroatoms. The van der Waals surface area contributed by atoms with Gasteiger partial charge in [-0.3, -0.25) is 9.55 Å². The minimum absolute atomic E-state index is 0.0794. The molecule has 0 bridgehead atoms. The van der Waals surface area contributed by atoms with E-state index in [9.17, 15) is 4.79 Å². The zero-order valence-corrected chi connectivity index (χ0v) is 11.1. The van der Waals surface area contributed by atoms with Gasteiger partial charge in [-0.15, -0.1) is 5.10 Å². The average molecular weight is 277 g/mol. The van der Waals surface area contributed by atoms with E-state index in [0.29, 0.717) is 12.6 Å². The lowest BCUT2D eigenvalue weighted by atomic mass is 10.2. The Hall–Kier alpha value is -1.60. The fraction of sp³-hybridized carbons (Fsp3) is 0.417. The first-order valence-electron chi connectivity index (χ1n) is 6.23. The van der Waals surface area contributed by atoms with E-state index in [4.69, 9.17) is 5.73 Å². The fourth-order valence-electron chi connectivity index (χ4n) is 1.99. The van der Waals surface area contributed by atoms with Crippen molar-refractivity contribution < 1.29 is 0 Å². The largest absolute Gasteiger partial charge is 0.344 e. The summed E-state index contributed by atoms with van der Waals surface area (Å²) in [4.78, 5) is 15.7. The van der Waals surface area contributed by atoms with Crippen LogP contribution in [0.25, 0.3) is 0 Å². The van der Waals surface area contributed by atoms with Crippen molar-refractivity contribution in [2.75, 3.05) is 6.54 Å². The van der Waals surface area contributed by atoms with Gasteiger partial charge < -0.3 is 5.73 Å². The zero-order chi connectivity index (χ0) is 13.2. The number of H-pyrrole nitrogens is 1. The Kier molecular flexibility index (Phi) is 3.39. The van der Waals surface area contributed by atoms with Gasteiger partial charge in [0.15, 0.2) is 5.16 Å². The Balaban J connectivity index is 1.85. The standard InChI is InChI=1S/C12H15N5OS/c13-7-10(8-3-5-14-6-4-8)19-12-16-15-11(18)17(12)9-1-2-9/h3-6,9-10H,1-2,7,13H2,(H,15,18). The van der Waals surface area contributed by atoms with Crippen LogP contribution in [-0.2, 0) is 0 Å². The number of thioether (sulfide) groups is 1. The average Bonchev–Trinajstić information content (AvgIpc) is 3.21. The molecule has 0 aromatic carbocycles. The third-order valence-corrected chi connectivity index (χ3v) is 4.37. The second-order valence-electron chi connectivity index (χ2n) is 4.54. The maximum Gasteiger partial charge on any atom is 0.344 e. The van der Waals surface area contributed by atoms with Crippen molar-refractivity contribution in [3.63, 3.8) is 0 Å². The van der Waals surface area contributed by atoms with Crippen molar-refractivity contribution in [3.8, 4) is 0 Å². The molecule has 0 aliphatic heterocycles. The number of nitrogens with one attached hydrogen (secondary N) is 1. The van der Waals surface area contributed by atoms with E-state index in [1.54, 1.807) is 17.0 Å². The Morgan fingerprint density at radius 3 is 2.84 bits per heavy atom. The van der Waals surface area contributed by atoms with Gasteiger partial charge in [0, 0.05) is 30.2 Å². The molecule has 2 heterocycles. The Bertz CT molecular complexity index is 604. The molecule has 2 aromatic heterocycles. The van der Waals surface area contributed by atoms with Gasteiger partial charge in [0.2, 0.25) is 0 Å². The number of nitrogens with two attached hydrogens (primary N) is 1. The lowest BCUT2D eigenvalue weighted by molar-refractivity contribution is 0.641. The Morgan fingerprint density at radius 2 is 2.21 bits per heavy atom. The molecule has 1 fully saturated rings. The highest BCUT2D eigenvalue weighted by Gasteiger charge is 2.29. The van der Waals surface area contributed by atoms with Crippen molar-refractivity contribution in [1.29, 1.82) is 0 Å². The number of pyridine rings is 1. The minimum atomic E-state index is -0.129.